The van der Waals surface area contributed by atoms with E-state index < -0.39 is 10.0 Å². The van der Waals surface area contributed by atoms with Gasteiger partial charge < -0.3 is 0 Å². The van der Waals surface area contributed by atoms with Crippen molar-refractivity contribution in [2.75, 3.05) is 4.72 Å². The van der Waals surface area contributed by atoms with Crippen LogP contribution < -0.4 is 4.72 Å². The molecule has 0 fully saturated rings. The fourth-order valence-electron chi connectivity index (χ4n) is 1.29. The second-order valence-corrected chi connectivity index (χ2v) is 5.89. The van der Waals surface area contributed by atoms with Crippen molar-refractivity contribution in [1.29, 1.82) is 5.26 Å². The zero-order valence-corrected chi connectivity index (χ0v) is 11.3. The van der Waals surface area contributed by atoms with E-state index in [-0.39, 0.29) is 16.3 Å². The molecule has 0 saturated carbocycles. The molecule has 2 aromatic rings. The number of nitrogens with zero attached hydrogens (tertiary/aromatic N) is 2. The van der Waals surface area contributed by atoms with Crippen molar-refractivity contribution < 1.29 is 8.42 Å². The van der Waals surface area contributed by atoms with Crippen molar-refractivity contribution in [2.24, 2.45) is 0 Å². The molecular weight excluding hydrogens is 320 g/mol. The molecule has 0 bridgehead atoms. The number of halogens is 1. The van der Waals surface area contributed by atoms with E-state index in [0.29, 0.717) is 4.47 Å². The smallest absolute Gasteiger partial charge is 0.277 e. The summed E-state index contributed by atoms with van der Waals surface area (Å²) in [7, 11) is -3.75. The van der Waals surface area contributed by atoms with Gasteiger partial charge in [0.1, 0.15) is 6.07 Å². The lowest BCUT2D eigenvalue weighted by Crippen LogP contribution is -2.14. The molecule has 0 saturated heterocycles. The molecule has 92 valence electrons. The Hall–Kier alpha value is -1.85. The Kier molecular flexibility index (Phi) is 3.36. The van der Waals surface area contributed by atoms with Crippen LogP contribution in [0.25, 0.3) is 0 Å². The molecule has 0 amide bonds. The predicted molar refractivity (Wildman–Crippen MR) is 68.3 cm³/mol. The molecule has 0 spiro atoms. The molecule has 1 heterocycles. The van der Waals surface area contributed by atoms with Gasteiger partial charge in [0.2, 0.25) is 0 Å². The molecule has 2 rings (SSSR count). The van der Waals surface area contributed by atoms with E-state index >= 15 is 0 Å². The van der Waals surface area contributed by atoms with Crippen molar-refractivity contribution in [2.45, 2.75) is 5.03 Å². The molecule has 1 aromatic carbocycles. The Bertz CT molecular complexity index is 704. The highest BCUT2D eigenvalue weighted by Gasteiger charge is 2.17. The molecular formula is C10H7BrN4O2S. The molecule has 0 radical (unpaired) electrons. The van der Waals surface area contributed by atoms with Crippen LogP contribution in [0.1, 0.15) is 5.56 Å². The van der Waals surface area contributed by atoms with Gasteiger partial charge in [-0.1, -0.05) is 15.9 Å². The van der Waals surface area contributed by atoms with Gasteiger partial charge in [-0.2, -0.15) is 18.8 Å². The van der Waals surface area contributed by atoms with E-state index in [1.807, 2.05) is 6.07 Å². The molecule has 0 unspecified atom stereocenters. The van der Waals surface area contributed by atoms with E-state index in [1.165, 1.54) is 24.4 Å². The van der Waals surface area contributed by atoms with E-state index in [2.05, 4.69) is 30.8 Å². The summed E-state index contributed by atoms with van der Waals surface area (Å²) < 4.78 is 26.8. The minimum Gasteiger partial charge on any atom is -0.277 e. The Balaban J connectivity index is 2.39. The largest absolute Gasteiger partial charge is 0.278 e. The van der Waals surface area contributed by atoms with Crippen LogP contribution in [0.15, 0.2) is 40.0 Å². The van der Waals surface area contributed by atoms with Gasteiger partial charge in [-0.25, -0.2) is 0 Å². The third kappa shape index (κ3) is 2.52. The first-order valence-electron chi connectivity index (χ1n) is 4.75. The normalized spacial score (nSPS) is 10.9. The number of benzene rings is 1. The zero-order chi connectivity index (χ0) is 13.2. The SMILES string of the molecule is N#Cc1cc(Br)ccc1NS(=O)(=O)c1ccn[nH]1. The third-order valence-electron chi connectivity index (χ3n) is 2.11. The number of nitriles is 1. The van der Waals surface area contributed by atoms with Gasteiger partial charge in [0.25, 0.3) is 10.0 Å². The lowest BCUT2D eigenvalue weighted by atomic mass is 10.2. The summed E-state index contributed by atoms with van der Waals surface area (Å²) >= 11 is 3.21. The van der Waals surface area contributed by atoms with E-state index in [1.54, 1.807) is 6.07 Å². The van der Waals surface area contributed by atoms with Gasteiger partial charge in [-0.3, -0.25) is 9.82 Å². The van der Waals surface area contributed by atoms with Crippen LogP contribution in [0.3, 0.4) is 0 Å². The average Bonchev–Trinajstić information content (AvgIpc) is 2.85. The second kappa shape index (κ2) is 4.80. The Morgan fingerprint density at radius 2 is 2.17 bits per heavy atom. The van der Waals surface area contributed by atoms with Gasteiger partial charge in [0.15, 0.2) is 5.03 Å². The minimum absolute atomic E-state index is 0.0608. The zero-order valence-electron chi connectivity index (χ0n) is 8.88. The van der Waals surface area contributed by atoms with E-state index in [0.717, 1.165) is 0 Å². The molecule has 18 heavy (non-hydrogen) atoms. The second-order valence-electron chi connectivity index (χ2n) is 3.33. The summed E-state index contributed by atoms with van der Waals surface area (Å²) in [6.45, 7) is 0. The third-order valence-corrected chi connectivity index (χ3v) is 3.90. The highest BCUT2D eigenvalue weighted by molar-refractivity contribution is 9.10. The van der Waals surface area contributed by atoms with Crippen molar-refractivity contribution in [3.63, 3.8) is 0 Å². The number of anilines is 1. The van der Waals surface area contributed by atoms with Gasteiger partial charge >= 0.3 is 0 Å². The van der Waals surface area contributed by atoms with Crippen LogP contribution in [0.2, 0.25) is 0 Å². The Labute approximate surface area is 112 Å². The molecule has 2 N–H and O–H groups in total. The van der Waals surface area contributed by atoms with Gasteiger partial charge in [-0.05, 0) is 24.3 Å². The van der Waals surface area contributed by atoms with Crippen LogP contribution in [0.5, 0.6) is 0 Å². The number of hydrogen-bond acceptors (Lipinski definition) is 4. The van der Waals surface area contributed by atoms with Crippen molar-refractivity contribution in [3.8, 4) is 6.07 Å². The van der Waals surface area contributed by atoms with Crippen molar-refractivity contribution in [1.82, 2.24) is 10.2 Å². The molecule has 6 nitrogen and oxygen atoms in total. The molecule has 0 aliphatic rings. The van der Waals surface area contributed by atoms with Crippen molar-refractivity contribution >= 4 is 31.6 Å². The summed E-state index contributed by atoms with van der Waals surface area (Å²) in [5, 5.41) is 14.8. The Morgan fingerprint density at radius 1 is 1.39 bits per heavy atom. The maximum absolute atomic E-state index is 11.9. The lowest BCUT2D eigenvalue weighted by Gasteiger charge is -2.07. The lowest BCUT2D eigenvalue weighted by molar-refractivity contribution is 0.597. The fourth-order valence-corrected chi connectivity index (χ4v) is 2.64. The summed E-state index contributed by atoms with van der Waals surface area (Å²) in [4.78, 5) is 0. The predicted octanol–water partition coefficient (Wildman–Crippen LogP) is 1.84. The first-order valence-corrected chi connectivity index (χ1v) is 7.02. The number of H-pyrrole nitrogens is 1. The Morgan fingerprint density at radius 3 is 2.78 bits per heavy atom. The molecule has 8 heteroatoms. The molecule has 0 aliphatic heterocycles. The highest BCUT2D eigenvalue weighted by atomic mass is 79.9. The average molecular weight is 327 g/mol. The summed E-state index contributed by atoms with van der Waals surface area (Å²) in [6.07, 6.45) is 1.33. The maximum atomic E-state index is 11.9. The number of aromatic nitrogens is 2. The quantitative estimate of drug-likeness (QED) is 0.898. The topological polar surface area (TPSA) is 98.6 Å². The van der Waals surface area contributed by atoms with Crippen LogP contribution in [0, 0.1) is 11.3 Å². The molecule has 0 atom stereocenters. The van der Waals surface area contributed by atoms with Gasteiger partial charge in [0.05, 0.1) is 17.4 Å². The number of aromatic amines is 1. The first kappa shape index (κ1) is 12.6. The molecule has 1 aromatic heterocycles. The number of nitrogens with one attached hydrogen (secondary N) is 2. The maximum Gasteiger partial charge on any atom is 0.278 e. The minimum atomic E-state index is -3.75. The summed E-state index contributed by atoms with van der Waals surface area (Å²) in [6, 6.07) is 7.94. The van der Waals surface area contributed by atoms with Crippen LogP contribution in [-0.2, 0) is 10.0 Å². The van der Waals surface area contributed by atoms with Gasteiger partial charge in [0, 0.05) is 4.47 Å². The number of hydrogen-bond donors (Lipinski definition) is 2. The van der Waals surface area contributed by atoms with Crippen LogP contribution in [0.4, 0.5) is 5.69 Å². The number of rotatable bonds is 3. The van der Waals surface area contributed by atoms with E-state index in [4.69, 9.17) is 5.26 Å². The fraction of sp³-hybridized carbons (Fsp3) is 0. The van der Waals surface area contributed by atoms with Crippen molar-refractivity contribution in [3.05, 3.63) is 40.5 Å². The molecule has 0 aliphatic carbocycles. The summed E-state index contributed by atoms with van der Waals surface area (Å²) in [5.74, 6) is 0. The van der Waals surface area contributed by atoms with Gasteiger partial charge in [-0.15, -0.1) is 0 Å². The van der Waals surface area contributed by atoms with Crippen LogP contribution >= 0.6 is 15.9 Å². The van der Waals surface area contributed by atoms with Crippen LogP contribution in [-0.4, -0.2) is 18.6 Å². The number of sulfonamides is 1. The standard InChI is InChI=1S/C10H7BrN4O2S/c11-8-1-2-9(7(5-8)6-12)15-18(16,17)10-3-4-13-14-10/h1-5,15H,(H,13,14). The highest BCUT2D eigenvalue weighted by Crippen LogP contribution is 2.22. The van der Waals surface area contributed by atoms with E-state index in [9.17, 15) is 8.42 Å². The first-order chi connectivity index (χ1) is 8.53. The monoisotopic (exact) mass is 326 g/mol. The summed E-state index contributed by atoms with van der Waals surface area (Å²) in [5.41, 5.74) is 0.447.